The standard InChI is InChI=1S/C18H19F2N/c19-16-8-15(9-17(20)11-16)14-5-4-12-2-1-3-13(6-7-21)18(12)10-14/h4-5,8-11,13H,1-3,6-7,21H2. The Morgan fingerprint density at radius 2 is 1.76 bits per heavy atom. The van der Waals surface area contributed by atoms with E-state index in [0.717, 1.165) is 30.9 Å². The van der Waals surface area contributed by atoms with Crippen molar-refractivity contribution in [1.29, 1.82) is 0 Å². The van der Waals surface area contributed by atoms with Crippen LogP contribution in [0.5, 0.6) is 0 Å². The van der Waals surface area contributed by atoms with Crippen LogP contribution < -0.4 is 5.73 Å². The van der Waals surface area contributed by atoms with Crippen molar-refractivity contribution in [2.75, 3.05) is 6.54 Å². The van der Waals surface area contributed by atoms with Crippen molar-refractivity contribution in [1.82, 2.24) is 0 Å². The second-order valence-electron chi connectivity index (χ2n) is 5.74. The van der Waals surface area contributed by atoms with E-state index in [2.05, 4.69) is 12.1 Å². The highest BCUT2D eigenvalue weighted by atomic mass is 19.1. The van der Waals surface area contributed by atoms with E-state index < -0.39 is 11.6 Å². The summed E-state index contributed by atoms with van der Waals surface area (Å²) in [4.78, 5) is 0. The van der Waals surface area contributed by atoms with Crippen molar-refractivity contribution < 1.29 is 8.78 Å². The molecule has 0 amide bonds. The fourth-order valence-electron chi connectivity index (χ4n) is 3.30. The minimum atomic E-state index is -0.541. The number of hydrogen-bond acceptors (Lipinski definition) is 1. The van der Waals surface area contributed by atoms with Crippen molar-refractivity contribution in [3.05, 3.63) is 59.2 Å². The van der Waals surface area contributed by atoms with E-state index in [1.807, 2.05) is 6.07 Å². The molecule has 0 bridgehead atoms. The first-order valence-electron chi connectivity index (χ1n) is 7.47. The zero-order valence-electron chi connectivity index (χ0n) is 11.9. The molecular formula is C18H19F2N. The molecule has 21 heavy (non-hydrogen) atoms. The fourth-order valence-corrected chi connectivity index (χ4v) is 3.30. The minimum Gasteiger partial charge on any atom is -0.330 e. The Bertz CT molecular complexity index is 631. The molecular weight excluding hydrogens is 268 g/mol. The summed E-state index contributed by atoms with van der Waals surface area (Å²) in [6.45, 7) is 0.670. The lowest BCUT2D eigenvalue weighted by atomic mass is 9.80. The average Bonchev–Trinajstić information content (AvgIpc) is 2.46. The molecule has 0 heterocycles. The van der Waals surface area contributed by atoms with Gasteiger partial charge in [0.15, 0.2) is 0 Å². The van der Waals surface area contributed by atoms with Gasteiger partial charge in [0.1, 0.15) is 11.6 Å². The number of rotatable bonds is 3. The molecule has 1 atom stereocenters. The highest BCUT2D eigenvalue weighted by molar-refractivity contribution is 5.65. The summed E-state index contributed by atoms with van der Waals surface area (Å²) >= 11 is 0. The van der Waals surface area contributed by atoms with Crippen molar-refractivity contribution in [2.45, 2.75) is 31.6 Å². The molecule has 0 spiro atoms. The Labute approximate surface area is 123 Å². The Balaban J connectivity index is 2.03. The molecule has 3 rings (SSSR count). The second kappa shape index (κ2) is 5.94. The van der Waals surface area contributed by atoms with Gasteiger partial charge in [-0.1, -0.05) is 18.2 Å². The SMILES string of the molecule is NCCC1CCCc2ccc(-c3cc(F)cc(F)c3)cc21. The third kappa shape index (κ3) is 2.98. The number of aryl methyl sites for hydroxylation is 1. The van der Waals surface area contributed by atoms with Gasteiger partial charge in [-0.3, -0.25) is 0 Å². The van der Waals surface area contributed by atoms with Crippen LogP contribution in [0.1, 0.15) is 36.3 Å². The Kier molecular flexibility index (Phi) is 4.02. The van der Waals surface area contributed by atoms with Crippen molar-refractivity contribution in [3.8, 4) is 11.1 Å². The van der Waals surface area contributed by atoms with Crippen LogP contribution >= 0.6 is 0 Å². The highest BCUT2D eigenvalue weighted by Crippen LogP contribution is 2.36. The molecule has 0 aromatic heterocycles. The zero-order valence-corrected chi connectivity index (χ0v) is 11.9. The molecule has 110 valence electrons. The quantitative estimate of drug-likeness (QED) is 0.889. The Morgan fingerprint density at radius 1 is 1.00 bits per heavy atom. The van der Waals surface area contributed by atoms with Crippen LogP contribution in [0, 0.1) is 11.6 Å². The summed E-state index contributed by atoms with van der Waals surface area (Å²) in [5.41, 5.74) is 9.82. The molecule has 1 nitrogen and oxygen atoms in total. The van der Waals surface area contributed by atoms with Gasteiger partial charge in [-0.05, 0) is 72.5 Å². The number of hydrogen-bond donors (Lipinski definition) is 1. The lowest BCUT2D eigenvalue weighted by Crippen LogP contribution is -2.14. The van der Waals surface area contributed by atoms with Crippen molar-refractivity contribution in [2.24, 2.45) is 5.73 Å². The Morgan fingerprint density at radius 3 is 2.48 bits per heavy atom. The molecule has 2 aromatic rings. The number of nitrogens with two attached hydrogens (primary N) is 1. The predicted molar refractivity (Wildman–Crippen MR) is 81.1 cm³/mol. The number of fused-ring (bicyclic) bond motifs is 1. The summed E-state index contributed by atoms with van der Waals surface area (Å²) in [5, 5.41) is 0. The number of benzene rings is 2. The summed E-state index contributed by atoms with van der Waals surface area (Å²) < 4.78 is 26.8. The van der Waals surface area contributed by atoms with Crippen LogP contribution in [0.25, 0.3) is 11.1 Å². The molecule has 0 fully saturated rings. The summed E-state index contributed by atoms with van der Waals surface area (Å²) in [5.74, 6) is -0.612. The maximum Gasteiger partial charge on any atom is 0.126 e. The van der Waals surface area contributed by atoms with Crippen LogP contribution in [0.4, 0.5) is 8.78 Å². The molecule has 0 radical (unpaired) electrons. The van der Waals surface area contributed by atoms with Gasteiger partial charge < -0.3 is 5.73 Å². The molecule has 1 aliphatic rings. The smallest absolute Gasteiger partial charge is 0.126 e. The molecule has 2 N–H and O–H groups in total. The topological polar surface area (TPSA) is 26.0 Å². The van der Waals surface area contributed by atoms with Gasteiger partial charge >= 0.3 is 0 Å². The first-order chi connectivity index (χ1) is 10.2. The van der Waals surface area contributed by atoms with Crippen LogP contribution in [0.3, 0.4) is 0 Å². The van der Waals surface area contributed by atoms with Gasteiger partial charge in [-0.2, -0.15) is 0 Å². The predicted octanol–water partition coefficient (Wildman–Crippen LogP) is 4.40. The molecule has 2 aromatic carbocycles. The average molecular weight is 287 g/mol. The van der Waals surface area contributed by atoms with E-state index in [-0.39, 0.29) is 0 Å². The van der Waals surface area contributed by atoms with Gasteiger partial charge in [0, 0.05) is 6.07 Å². The molecule has 1 aliphatic carbocycles. The first-order valence-corrected chi connectivity index (χ1v) is 7.47. The van der Waals surface area contributed by atoms with Crippen LogP contribution in [-0.4, -0.2) is 6.54 Å². The Hall–Kier alpha value is -1.74. The third-order valence-electron chi connectivity index (χ3n) is 4.30. The van der Waals surface area contributed by atoms with Crippen LogP contribution in [-0.2, 0) is 6.42 Å². The van der Waals surface area contributed by atoms with Gasteiger partial charge in [0.25, 0.3) is 0 Å². The molecule has 0 aliphatic heterocycles. The van der Waals surface area contributed by atoms with E-state index in [1.165, 1.54) is 29.7 Å². The lowest BCUT2D eigenvalue weighted by molar-refractivity contribution is 0.526. The van der Waals surface area contributed by atoms with Crippen LogP contribution in [0.2, 0.25) is 0 Å². The molecule has 0 saturated carbocycles. The first kappa shape index (κ1) is 14.2. The third-order valence-corrected chi connectivity index (χ3v) is 4.30. The van der Waals surface area contributed by atoms with E-state index in [9.17, 15) is 8.78 Å². The summed E-state index contributed by atoms with van der Waals surface area (Å²) in [6.07, 6.45) is 4.37. The van der Waals surface area contributed by atoms with Crippen LogP contribution in [0.15, 0.2) is 36.4 Å². The van der Waals surface area contributed by atoms with Gasteiger partial charge in [-0.25, -0.2) is 8.78 Å². The van der Waals surface area contributed by atoms with Crippen molar-refractivity contribution >= 4 is 0 Å². The molecule has 3 heteroatoms. The van der Waals surface area contributed by atoms with E-state index in [4.69, 9.17) is 5.73 Å². The second-order valence-corrected chi connectivity index (χ2v) is 5.74. The normalized spacial score (nSPS) is 17.6. The van der Waals surface area contributed by atoms with E-state index in [1.54, 1.807) is 0 Å². The zero-order chi connectivity index (χ0) is 14.8. The maximum absolute atomic E-state index is 13.4. The molecule has 1 unspecified atom stereocenters. The summed E-state index contributed by atoms with van der Waals surface area (Å²) in [7, 11) is 0. The minimum absolute atomic E-state index is 0.470. The van der Waals surface area contributed by atoms with E-state index in [0.29, 0.717) is 18.0 Å². The fraction of sp³-hybridized carbons (Fsp3) is 0.333. The monoisotopic (exact) mass is 287 g/mol. The summed E-state index contributed by atoms with van der Waals surface area (Å²) in [6, 6.07) is 9.80. The largest absolute Gasteiger partial charge is 0.330 e. The van der Waals surface area contributed by atoms with E-state index >= 15 is 0 Å². The van der Waals surface area contributed by atoms with Crippen molar-refractivity contribution in [3.63, 3.8) is 0 Å². The van der Waals surface area contributed by atoms with Gasteiger partial charge in [0.05, 0.1) is 0 Å². The van der Waals surface area contributed by atoms with Gasteiger partial charge in [0.2, 0.25) is 0 Å². The van der Waals surface area contributed by atoms with Gasteiger partial charge in [-0.15, -0.1) is 0 Å². The number of halogens is 2. The highest BCUT2D eigenvalue weighted by Gasteiger charge is 2.20. The lowest BCUT2D eigenvalue weighted by Gasteiger charge is -2.26. The molecule has 0 saturated heterocycles. The maximum atomic E-state index is 13.4.